The van der Waals surface area contributed by atoms with Gasteiger partial charge in [-0.05, 0) is 30.3 Å². The third-order valence-electron chi connectivity index (χ3n) is 3.17. The molecule has 7 nitrogen and oxygen atoms in total. The van der Waals surface area contributed by atoms with Gasteiger partial charge < -0.3 is 10.1 Å². The van der Waals surface area contributed by atoms with Crippen LogP contribution in [-0.2, 0) is 0 Å². The predicted molar refractivity (Wildman–Crippen MR) is 87.5 cm³/mol. The van der Waals surface area contributed by atoms with Crippen molar-refractivity contribution >= 4 is 39.8 Å². The lowest BCUT2D eigenvalue weighted by Crippen LogP contribution is -1.98. The van der Waals surface area contributed by atoms with Gasteiger partial charge in [-0.25, -0.2) is 9.97 Å². The number of rotatable bonds is 4. The molecule has 1 N–H and O–H groups in total. The average molecular weight is 331 g/mol. The van der Waals surface area contributed by atoms with Crippen molar-refractivity contribution in [3.8, 4) is 5.75 Å². The Labute approximate surface area is 136 Å². The van der Waals surface area contributed by atoms with Crippen molar-refractivity contribution in [1.29, 1.82) is 0 Å². The molecule has 0 radical (unpaired) electrons. The average Bonchev–Trinajstić information content (AvgIpc) is 2.55. The van der Waals surface area contributed by atoms with E-state index in [2.05, 4.69) is 15.3 Å². The fourth-order valence-electron chi connectivity index (χ4n) is 2.03. The van der Waals surface area contributed by atoms with Crippen LogP contribution in [0.2, 0.25) is 5.15 Å². The summed E-state index contributed by atoms with van der Waals surface area (Å²) in [6, 6.07) is 11.5. The molecular formula is C15H11ClN4O3. The molecule has 1 aromatic heterocycles. The van der Waals surface area contributed by atoms with E-state index in [-0.39, 0.29) is 10.8 Å². The van der Waals surface area contributed by atoms with Crippen molar-refractivity contribution < 1.29 is 9.66 Å². The number of hydrogen-bond acceptors (Lipinski definition) is 6. The topological polar surface area (TPSA) is 90.2 Å². The summed E-state index contributed by atoms with van der Waals surface area (Å²) in [6.07, 6.45) is 0. The highest BCUT2D eigenvalue weighted by atomic mass is 35.5. The number of ether oxygens (including phenoxy) is 1. The SMILES string of the molecule is COc1ccc(Nc2nc3ccc([N+](=O)[O-])cc3nc2Cl)cc1. The third kappa shape index (κ3) is 3.14. The van der Waals surface area contributed by atoms with E-state index in [0.29, 0.717) is 16.9 Å². The summed E-state index contributed by atoms with van der Waals surface area (Å²) >= 11 is 6.11. The Kier molecular flexibility index (Phi) is 3.94. The number of nitro benzene ring substituents is 1. The van der Waals surface area contributed by atoms with Crippen LogP contribution in [0, 0.1) is 10.1 Å². The van der Waals surface area contributed by atoms with Crippen LogP contribution in [0.25, 0.3) is 11.0 Å². The van der Waals surface area contributed by atoms with E-state index in [9.17, 15) is 10.1 Å². The lowest BCUT2D eigenvalue weighted by atomic mass is 10.2. The molecule has 8 heteroatoms. The van der Waals surface area contributed by atoms with Gasteiger partial charge in [-0.2, -0.15) is 0 Å². The largest absolute Gasteiger partial charge is 0.497 e. The van der Waals surface area contributed by atoms with Gasteiger partial charge in [0.05, 0.1) is 23.1 Å². The number of methoxy groups -OCH3 is 1. The van der Waals surface area contributed by atoms with Gasteiger partial charge in [-0.1, -0.05) is 11.6 Å². The number of nitrogens with zero attached hydrogens (tertiary/aromatic N) is 3. The third-order valence-corrected chi connectivity index (χ3v) is 3.43. The molecule has 1 heterocycles. The van der Waals surface area contributed by atoms with Gasteiger partial charge in [0.1, 0.15) is 5.75 Å². The zero-order valence-electron chi connectivity index (χ0n) is 12.0. The molecular weight excluding hydrogens is 320 g/mol. The summed E-state index contributed by atoms with van der Waals surface area (Å²) in [5, 5.41) is 14.0. The number of non-ortho nitro benzene ring substituents is 1. The normalized spacial score (nSPS) is 10.5. The molecule has 23 heavy (non-hydrogen) atoms. The summed E-state index contributed by atoms with van der Waals surface area (Å²) in [4.78, 5) is 18.8. The van der Waals surface area contributed by atoms with Gasteiger partial charge in [0, 0.05) is 17.8 Å². The van der Waals surface area contributed by atoms with Crippen molar-refractivity contribution in [1.82, 2.24) is 9.97 Å². The minimum Gasteiger partial charge on any atom is -0.497 e. The van der Waals surface area contributed by atoms with Gasteiger partial charge in [-0.3, -0.25) is 10.1 Å². The molecule has 0 aliphatic rings. The van der Waals surface area contributed by atoms with Crippen LogP contribution < -0.4 is 10.1 Å². The van der Waals surface area contributed by atoms with Crippen LogP contribution in [0.1, 0.15) is 0 Å². The Morgan fingerprint density at radius 2 is 1.87 bits per heavy atom. The first-order valence-electron chi connectivity index (χ1n) is 6.59. The van der Waals surface area contributed by atoms with E-state index >= 15 is 0 Å². The molecule has 0 aliphatic carbocycles. The van der Waals surface area contributed by atoms with E-state index in [0.717, 1.165) is 11.4 Å². The van der Waals surface area contributed by atoms with Gasteiger partial charge in [0.2, 0.25) is 0 Å². The molecule has 0 amide bonds. The number of fused-ring (bicyclic) bond motifs is 1. The van der Waals surface area contributed by atoms with Crippen LogP contribution in [0.5, 0.6) is 5.75 Å². The molecule has 0 bridgehead atoms. The fourth-order valence-corrected chi connectivity index (χ4v) is 2.21. The molecule has 3 aromatic rings. The number of hydrogen-bond donors (Lipinski definition) is 1. The summed E-state index contributed by atoms with van der Waals surface area (Å²) in [5.41, 5.74) is 1.59. The molecule has 0 atom stereocenters. The molecule has 116 valence electrons. The van der Waals surface area contributed by atoms with E-state index in [1.54, 1.807) is 19.2 Å². The second-order valence-electron chi connectivity index (χ2n) is 4.65. The lowest BCUT2D eigenvalue weighted by molar-refractivity contribution is -0.384. The molecule has 0 saturated carbocycles. The Bertz CT molecular complexity index is 884. The van der Waals surface area contributed by atoms with E-state index < -0.39 is 4.92 Å². The molecule has 3 rings (SSSR count). The van der Waals surface area contributed by atoms with Crippen LogP contribution in [0.3, 0.4) is 0 Å². The highest BCUT2D eigenvalue weighted by Crippen LogP contribution is 2.27. The minimum absolute atomic E-state index is 0.0567. The fraction of sp³-hybridized carbons (Fsp3) is 0.0667. The van der Waals surface area contributed by atoms with Gasteiger partial charge in [0.25, 0.3) is 5.69 Å². The van der Waals surface area contributed by atoms with Crippen molar-refractivity contribution in [3.63, 3.8) is 0 Å². The van der Waals surface area contributed by atoms with Crippen molar-refractivity contribution in [2.75, 3.05) is 12.4 Å². The number of halogens is 1. The number of aromatic nitrogens is 2. The second kappa shape index (κ2) is 6.05. The van der Waals surface area contributed by atoms with Crippen LogP contribution in [0.15, 0.2) is 42.5 Å². The monoisotopic (exact) mass is 330 g/mol. The number of benzene rings is 2. The Morgan fingerprint density at radius 3 is 2.52 bits per heavy atom. The summed E-state index contributed by atoms with van der Waals surface area (Å²) in [6.45, 7) is 0. The first kappa shape index (κ1) is 15.0. The van der Waals surface area contributed by atoms with Crippen molar-refractivity contribution in [2.24, 2.45) is 0 Å². The quantitative estimate of drug-likeness (QED) is 0.575. The van der Waals surface area contributed by atoms with Crippen LogP contribution in [-0.4, -0.2) is 22.0 Å². The van der Waals surface area contributed by atoms with Gasteiger partial charge >= 0.3 is 0 Å². The van der Waals surface area contributed by atoms with Gasteiger partial charge in [-0.15, -0.1) is 0 Å². The number of nitrogens with one attached hydrogen (secondary N) is 1. The van der Waals surface area contributed by atoms with Gasteiger partial charge in [0.15, 0.2) is 11.0 Å². The molecule has 0 spiro atoms. The highest BCUT2D eigenvalue weighted by molar-refractivity contribution is 6.32. The first-order chi connectivity index (χ1) is 11.1. The zero-order valence-corrected chi connectivity index (χ0v) is 12.7. The van der Waals surface area contributed by atoms with Crippen molar-refractivity contribution in [2.45, 2.75) is 0 Å². The number of nitro groups is 1. The van der Waals surface area contributed by atoms with Crippen molar-refractivity contribution in [3.05, 3.63) is 57.7 Å². The van der Waals surface area contributed by atoms with Crippen LogP contribution >= 0.6 is 11.6 Å². The molecule has 0 fully saturated rings. The Morgan fingerprint density at radius 1 is 1.13 bits per heavy atom. The molecule has 2 aromatic carbocycles. The predicted octanol–water partition coefficient (Wildman–Crippen LogP) is 3.94. The summed E-state index contributed by atoms with van der Waals surface area (Å²) < 4.78 is 5.09. The highest BCUT2D eigenvalue weighted by Gasteiger charge is 2.11. The Balaban J connectivity index is 1.95. The maximum absolute atomic E-state index is 10.8. The Hall–Kier alpha value is -2.93. The summed E-state index contributed by atoms with van der Waals surface area (Å²) in [7, 11) is 1.59. The molecule has 0 aliphatic heterocycles. The van der Waals surface area contributed by atoms with Crippen LogP contribution in [0.4, 0.5) is 17.2 Å². The first-order valence-corrected chi connectivity index (χ1v) is 6.97. The maximum Gasteiger partial charge on any atom is 0.271 e. The number of anilines is 2. The standard InChI is InChI=1S/C15H11ClN4O3/c1-23-11-5-2-9(3-6-11)17-15-14(16)18-13-8-10(20(21)22)4-7-12(13)19-15/h2-8H,1H3,(H,17,19). The van der Waals surface area contributed by atoms with E-state index in [4.69, 9.17) is 16.3 Å². The minimum atomic E-state index is -0.488. The summed E-state index contributed by atoms with van der Waals surface area (Å²) in [5.74, 6) is 1.11. The maximum atomic E-state index is 10.8. The lowest BCUT2D eigenvalue weighted by Gasteiger charge is -2.09. The molecule has 0 saturated heterocycles. The zero-order chi connectivity index (χ0) is 16.4. The second-order valence-corrected chi connectivity index (χ2v) is 5.00. The molecule has 0 unspecified atom stereocenters. The van der Waals surface area contributed by atoms with E-state index in [1.165, 1.54) is 18.2 Å². The van der Waals surface area contributed by atoms with E-state index in [1.807, 2.05) is 12.1 Å². The smallest absolute Gasteiger partial charge is 0.271 e.